The largest absolute Gasteiger partial charge is 0.550 e. The zero-order valence-electron chi connectivity index (χ0n) is 12.8. The smallest absolute Gasteiger partial charge is 0.224 e. The molecule has 5 heteroatoms. The first-order valence-electron chi connectivity index (χ1n) is 7.35. The van der Waals surface area contributed by atoms with Crippen LogP contribution in [-0.4, -0.2) is 11.9 Å². The number of anilines is 1. The maximum Gasteiger partial charge on any atom is 0.224 e. The Morgan fingerprint density at radius 2 is 1.61 bits per heavy atom. The van der Waals surface area contributed by atoms with Gasteiger partial charge in [0.2, 0.25) is 5.91 Å². The molecule has 0 aromatic heterocycles. The van der Waals surface area contributed by atoms with Gasteiger partial charge in [0, 0.05) is 18.1 Å². The summed E-state index contributed by atoms with van der Waals surface area (Å²) in [5.41, 5.74) is 0.635. The van der Waals surface area contributed by atoms with Crippen molar-refractivity contribution >= 4 is 17.6 Å². The molecule has 0 unspecified atom stereocenters. The van der Waals surface area contributed by atoms with Crippen molar-refractivity contribution in [2.24, 2.45) is 5.92 Å². The van der Waals surface area contributed by atoms with E-state index in [9.17, 15) is 14.7 Å². The van der Waals surface area contributed by atoms with Crippen molar-refractivity contribution in [2.75, 3.05) is 5.32 Å². The molecule has 0 fully saturated rings. The standard InChI is InChI=1S/C18H19NO4/c1-13(12-18(21)22)11-17(20)19-14-7-9-16(10-8-14)23-15-5-3-2-4-6-15/h2-10,13H,11-12H2,1H3,(H,19,20)(H,21,22)/p-1/t13-/m1/s1. The van der Waals surface area contributed by atoms with Gasteiger partial charge < -0.3 is 20.0 Å². The first-order chi connectivity index (χ1) is 11.0. The molecule has 0 aliphatic carbocycles. The Morgan fingerprint density at radius 1 is 1.00 bits per heavy atom. The van der Waals surface area contributed by atoms with E-state index in [2.05, 4.69) is 5.32 Å². The number of para-hydroxylation sites is 1. The lowest BCUT2D eigenvalue weighted by atomic mass is 10.0. The van der Waals surface area contributed by atoms with Crippen LogP contribution in [0.2, 0.25) is 0 Å². The summed E-state index contributed by atoms with van der Waals surface area (Å²) in [4.78, 5) is 22.3. The van der Waals surface area contributed by atoms with Crippen molar-refractivity contribution in [1.82, 2.24) is 0 Å². The summed E-state index contributed by atoms with van der Waals surface area (Å²) in [5.74, 6) is -0.233. The molecule has 23 heavy (non-hydrogen) atoms. The number of benzene rings is 2. The van der Waals surface area contributed by atoms with E-state index in [1.54, 1.807) is 31.2 Å². The van der Waals surface area contributed by atoms with Gasteiger partial charge in [-0.25, -0.2) is 0 Å². The van der Waals surface area contributed by atoms with Crippen molar-refractivity contribution in [2.45, 2.75) is 19.8 Å². The molecular formula is C18H18NO4-. The summed E-state index contributed by atoms with van der Waals surface area (Å²) in [5, 5.41) is 13.2. The number of carboxylic acids is 1. The van der Waals surface area contributed by atoms with E-state index >= 15 is 0 Å². The van der Waals surface area contributed by atoms with Gasteiger partial charge in [-0.15, -0.1) is 0 Å². The average Bonchev–Trinajstić information content (AvgIpc) is 2.49. The molecule has 2 aromatic rings. The Labute approximate surface area is 134 Å². The van der Waals surface area contributed by atoms with Gasteiger partial charge in [-0.05, 0) is 48.7 Å². The number of hydrogen-bond acceptors (Lipinski definition) is 4. The molecule has 0 spiro atoms. The normalized spacial score (nSPS) is 11.5. The van der Waals surface area contributed by atoms with E-state index in [1.165, 1.54) is 0 Å². The zero-order valence-corrected chi connectivity index (χ0v) is 12.8. The molecule has 2 rings (SSSR count). The molecule has 1 amide bonds. The third-order valence-corrected chi connectivity index (χ3v) is 3.17. The molecule has 0 heterocycles. The van der Waals surface area contributed by atoms with Crippen LogP contribution in [0.4, 0.5) is 5.69 Å². The molecule has 1 atom stereocenters. The molecular weight excluding hydrogens is 294 g/mol. The number of hydrogen-bond donors (Lipinski definition) is 1. The molecule has 0 radical (unpaired) electrons. The molecule has 2 aromatic carbocycles. The first kappa shape index (κ1) is 16.5. The van der Waals surface area contributed by atoms with Gasteiger partial charge in [0.1, 0.15) is 11.5 Å². The lowest BCUT2D eigenvalue weighted by Gasteiger charge is -2.12. The number of carboxylic acid groups (broad SMARTS) is 1. The Bertz CT molecular complexity index is 652. The number of nitrogens with one attached hydrogen (secondary N) is 1. The van der Waals surface area contributed by atoms with Crippen LogP contribution >= 0.6 is 0 Å². The van der Waals surface area contributed by atoms with Gasteiger partial charge in [-0.2, -0.15) is 0 Å². The Hall–Kier alpha value is -2.82. The van der Waals surface area contributed by atoms with E-state index < -0.39 is 5.97 Å². The number of carbonyl (C=O) groups is 2. The second kappa shape index (κ2) is 7.98. The topological polar surface area (TPSA) is 78.5 Å². The molecule has 0 aliphatic rings. The van der Waals surface area contributed by atoms with Crippen LogP contribution in [0, 0.1) is 5.92 Å². The summed E-state index contributed by atoms with van der Waals surface area (Å²) >= 11 is 0. The Balaban J connectivity index is 1.87. The second-order valence-corrected chi connectivity index (χ2v) is 5.37. The Morgan fingerprint density at radius 3 is 2.22 bits per heavy atom. The number of carbonyl (C=O) groups excluding carboxylic acids is 2. The fourth-order valence-corrected chi connectivity index (χ4v) is 2.12. The fourth-order valence-electron chi connectivity index (χ4n) is 2.12. The first-order valence-corrected chi connectivity index (χ1v) is 7.35. The highest BCUT2D eigenvalue weighted by atomic mass is 16.5. The number of amides is 1. The van der Waals surface area contributed by atoms with Gasteiger partial charge in [-0.1, -0.05) is 25.1 Å². The quantitative estimate of drug-likeness (QED) is 0.852. The highest BCUT2D eigenvalue weighted by Gasteiger charge is 2.10. The highest BCUT2D eigenvalue weighted by Crippen LogP contribution is 2.22. The molecule has 0 saturated heterocycles. The lowest BCUT2D eigenvalue weighted by molar-refractivity contribution is -0.306. The minimum Gasteiger partial charge on any atom is -0.550 e. The minimum absolute atomic E-state index is 0.128. The van der Waals surface area contributed by atoms with Crippen molar-refractivity contribution in [3.8, 4) is 11.5 Å². The minimum atomic E-state index is -1.15. The van der Waals surface area contributed by atoms with Gasteiger partial charge >= 0.3 is 0 Å². The van der Waals surface area contributed by atoms with Gasteiger partial charge in [0.25, 0.3) is 0 Å². The van der Waals surface area contributed by atoms with Crippen LogP contribution < -0.4 is 15.2 Å². The SMILES string of the molecule is C[C@@H](CC(=O)[O-])CC(=O)Nc1ccc(Oc2ccccc2)cc1. The maximum atomic E-state index is 11.8. The van der Waals surface area contributed by atoms with Crippen LogP contribution in [-0.2, 0) is 9.59 Å². The predicted molar refractivity (Wildman–Crippen MR) is 85.0 cm³/mol. The van der Waals surface area contributed by atoms with Crippen LogP contribution in [0.5, 0.6) is 11.5 Å². The van der Waals surface area contributed by atoms with Crippen LogP contribution in [0.25, 0.3) is 0 Å². The lowest BCUT2D eigenvalue weighted by Crippen LogP contribution is -2.26. The van der Waals surface area contributed by atoms with Gasteiger partial charge in [-0.3, -0.25) is 4.79 Å². The predicted octanol–water partition coefficient (Wildman–Crippen LogP) is 2.58. The van der Waals surface area contributed by atoms with E-state index in [-0.39, 0.29) is 24.7 Å². The van der Waals surface area contributed by atoms with Crippen LogP contribution in [0.1, 0.15) is 19.8 Å². The number of rotatable bonds is 7. The van der Waals surface area contributed by atoms with Gasteiger partial charge in [0.05, 0.1) is 0 Å². The second-order valence-electron chi connectivity index (χ2n) is 5.37. The molecule has 120 valence electrons. The van der Waals surface area contributed by atoms with Crippen molar-refractivity contribution in [3.05, 3.63) is 54.6 Å². The molecule has 1 N–H and O–H groups in total. The third-order valence-electron chi connectivity index (χ3n) is 3.17. The molecule has 0 aliphatic heterocycles. The molecule has 0 saturated carbocycles. The monoisotopic (exact) mass is 312 g/mol. The Kier molecular flexibility index (Phi) is 5.74. The zero-order chi connectivity index (χ0) is 16.7. The summed E-state index contributed by atoms with van der Waals surface area (Å²) in [6.45, 7) is 1.70. The average molecular weight is 312 g/mol. The molecule has 5 nitrogen and oxygen atoms in total. The van der Waals surface area contributed by atoms with Crippen molar-refractivity contribution in [1.29, 1.82) is 0 Å². The fraction of sp³-hybridized carbons (Fsp3) is 0.222. The summed E-state index contributed by atoms with van der Waals surface area (Å²) in [6, 6.07) is 16.4. The van der Waals surface area contributed by atoms with E-state index in [0.29, 0.717) is 11.4 Å². The summed E-state index contributed by atoms with van der Waals surface area (Å²) in [7, 11) is 0. The number of ether oxygens (including phenoxy) is 1. The van der Waals surface area contributed by atoms with Crippen molar-refractivity contribution < 1.29 is 19.4 Å². The summed E-state index contributed by atoms with van der Waals surface area (Å²) in [6.07, 6.45) is 0.00746. The van der Waals surface area contributed by atoms with E-state index in [0.717, 1.165) is 5.75 Å². The van der Waals surface area contributed by atoms with Gasteiger partial charge in [0.15, 0.2) is 0 Å². The van der Waals surface area contributed by atoms with Crippen LogP contribution in [0.15, 0.2) is 54.6 Å². The summed E-state index contributed by atoms with van der Waals surface area (Å²) < 4.78 is 5.66. The van der Waals surface area contributed by atoms with E-state index in [4.69, 9.17) is 4.74 Å². The third kappa shape index (κ3) is 5.82. The highest BCUT2D eigenvalue weighted by molar-refractivity contribution is 5.91. The molecule has 0 bridgehead atoms. The maximum absolute atomic E-state index is 11.8. The van der Waals surface area contributed by atoms with Crippen molar-refractivity contribution in [3.63, 3.8) is 0 Å². The van der Waals surface area contributed by atoms with E-state index in [1.807, 2.05) is 30.3 Å². The van der Waals surface area contributed by atoms with Crippen LogP contribution in [0.3, 0.4) is 0 Å². The number of aliphatic carboxylic acids is 1.